The van der Waals surface area contributed by atoms with Crippen molar-refractivity contribution in [2.45, 2.75) is 25.2 Å². The summed E-state index contributed by atoms with van der Waals surface area (Å²) in [5.74, 6) is -0.392. The highest BCUT2D eigenvalue weighted by molar-refractivity contribution is 5.78. The van der Waals surface area contributed by atoms with Crippen LogP contribution in [0.1, 0.15) is 6.92 Å². The fourth-order valence-corrected chi connectivity index (χ4v) is 1.73. The zero-order valence-electron chi connectivity index (χ0n) is 8.34. The number of hydrogen-bond acceptors (Lipinski definition) is 3. The average molecular weight is 225 g/mol. The fraction of sp³-hybridized carbons (Fsp3) is 0.875. The van der Waals surface area contributed by atoms with Crippen molar-refractivity contribution >= 4 is 5.91 Å². The molecule has 0 aliphatic carbocycles. The minimum atomic E-state index is -4.40. The summed E-state index contributed by atoms with van der Waals surface area (Å²) in [4.78, 5) is 12.0. The van der Waals surface area contributed by atoms with Crippen LogP contribution in [0.4, 0.5) is 13.2 Å². The maximum atomic E-state index is 12.6. The molecule has 0 aromatic heterocycles. The van der Waals surface area contributed by atoms with Gasteiger partial charge in [-0.05, 0) is 6.92 Å². The van der Waals surface area contributed by atoms with Crippen molar-refractivity contribution in [1.29, 1.82) is 0 Å². The van der Waals surface area contributed by atoms with Crippen molar-refractivity contribution in [2.24, 2.45) is 5.73 Å². The van der Waals surface area contributed by atoms with E-state index in [0.29, 0.717) is 0 Å². The van der Waals surface area contributed by atoms with Gasteiger partial charge in [0.05, 0.1) is 6.54 Å². The third-order valence-electron chi connectivity index (χ3n) is 2.29. The Hall–Kier alpha value is -0.820. The van der Waals surface area contributed by atoms with Crippen LogP contribution in [0, 0.1) is 0 Å². The summed E-state index contributed by atoms with van der Waals surface area (Å²) >= 11 is 0. The van der Waals surface area contributed by atoms with E-state index < -0.39 is 24.2 Å². The first kappa shape index (κ1) is 12.3. The second-order valence-corrected chi connectivity index (χ2v) is 3.67. The van der Waals surface area contributed by atoms with E-state index >= 15 is 0 Å². The van der Waals surface area contributed by atoms with E-state index in [9.17, 15) is 18.0 Å². The number of hydrogen-bond donors (Lipinski definition) is 2. The summed E-state index contributed by atoms with van der Waals surface area (Å²) in [6.07, 6.45) is -4.40. The molecule has 0 aromatic carbocycles. The number of nitrogens with one attached hydrogen (secondary N) is 1. The zero-order chi connectivity index (χ0) is 11.6. The molecule has 4 nitrogen and oxygen atoms in total. The van der Waals surface area contributed by atoms with E-state index in [0.717, 1.165) is 4.90 Å². The lowest BCUT2D eigenvalue weighted by molar-refractivity contribution is -0.190. The van der Waals surface area contributed by atoms with Gasteiger partial charge in [0.2, 0.25) is 5.91 Å². The number of nitrogens with two attached hydrogens (primary N) is 1. The van der Waals surface area contributed by atoms with Gasteiger partial charge in [-0.3, -0.25) is 9.69 Å². The van der Waals surface area contributed by atoms with Crippen molar-refractivity contribution in [3.8, 4) is 0 Å². The average Bonchev–Trinajstić information content (AvgIpc) is 1.99. The summed E-state index contributed by atoms with van der Waals surface area (Å²) in [6, 6.07) is -2.79. The van der Waals surface area contributed by atoms with E-state index in [2.05, 4.69) is 5.32 Å². The Balaban J connectivity index is 2.75. The fourth-order valence-electron chi connectivity index (χ4n) is 1.73. The lowest BCUT2D eigenvalue weighted by Crippen LogP contribution is -2.61. The SMILES string of the molecule is CC(N)C(N1CCNC(=O)C1)C(F)(F)F. The van der Waals surface area contributed by atoms with Crippen molar-refractivity contribution in [3.63, 3.8) is 0 Å². The topological polar surface area (TPSA) is 58.4 Å². The van der Waals surface area contributed by atoms with Crippen molar-refractivity contribution < 1.29 is 18.0 Å². The number of alkyl halides is 3. The smallest absolute Gasteiger partial charge is 0.354 e. The summed E-state index contributed by atoms with van der Waals surface area (Å²) in [6.45, 7) is 1.46. The number of piperazine rings is 1. The van der Waals surface area contributed by atoms with Crippen LogP contribution in [-0.4, -0.2) is 48.7 Å². The third kappa shape index (κ3) is 3.07. The van der Waals surface area contributed by atoms with Gasteiger partial charge in [-0.1, -0.05) is 0 Å². The molecule has 7 heteroatoms. The predicted octanol–water partition coefficient (Wildman–Crippen LogP) is -0.304. The van der Waals surface area contributed by atoms with Gasteiger partial charge in [-0.15, -0.1) is 0 Å². The Morgan fingerprint density at radius 1 is 1.53 bits per heavy atom. The molecule has 2 unspecified atom stereocenters. The molecule has 0 radical (unpaired) electrons. The largest absolute Gasteiger partial charge is 0.405 e. The molecule has 88 valence electrons. The Labute approximate surface area is 85.6 Å². The highest BCUT2D eigenvalue weighted by atomic mass is 19.4. The molecule has 15 heavy (non-hydrogen) atoms. The molecule has 1 amide bonds. The molecular formula is C8H14F3N3O. The summed E-state index contributed by atoms with van der Waals surface area (Å²) in [5.41, 5.74) is 5.31. The summed E-state index contributed by atoms with van der Waals surface area (Å²) in [7, 11) is 0. The summed E-state index contributed by atoms with van der Waals surface area (Å²) in [5, 5.41) is 2.47. The third-order valence-corrected chi connectivity index (χ3v) is 2.29. The molecule has 0 aromatic rings. The van der Waals surface area contributed by atoms with Crippen LogP contribution in [-0.2, 0) is 4.79 Å². The van der Waals surface area contributed by atoms with Gasteiger partial charge >= 0.3 is 6.18 Å². The number of carbonyl (C=O) groups is 1. The highest BCUT2D eigenvalue weighted by Gasteiger charge is 2.46. The van der Waals surface area contributed by atoms with E-state index in [1.807, 2.05) is 0 Å². The number of halogens is 3. The number of amides is 1. The van der Waals surface area contributed by atoms with Gasteiger partial charge < -0.3 is 11.1 Å². The van der Waals surface area contributed by atoms with Crippen LogP contribution in [0.2, 0.25) is 0 Å². The minimum absolute atomic E-state index is 0.178. The monoisotopic (exact) mass is 225 g/mol. The first-order valence-corrected chi connectivity index (χ1v) is 4.65. The van der Waals surface area contributed by atoms with Crippen LogP contribution in [0.25, 0.3) is 0 Å². The van der Waals surface area contributed by atoms with Crippen LogP contribution in [0.3, 0.4) is 0 Å². The quantitative estimate of drug-likeness (QED) is 0.678. The number of rotatable bonds is 2. The van der Waals surface area contributed by atoms with Crippen LogP contribution < -0.4 is 11.1 Å². The molecular weight excluding hydrogens is 211 g/mol. The van der Waals surface area contributed by atoms with Gasteiger partial charge in [-0.25, -0.2) is 0 Å². The normalized spacial score (nSPS) is 23.4. The summed E-state index contributed by atoms with van der Waals surface area (Å²) < 4.78 is 37.9. The van der Waals surface area contributed by atoms with Gasteiger partial charge in [0.1, 0.15) is 6.04 Å². The molecule has 0 bridgehead atoms. The second kappa shape index (κ2) is 4.36. The molecule has 1 saturated heterocycles. The molecule has 1 rings (SSSR count). The molecule has 2 atom stereocenters. The Morgan fingerprint density at radius 3 is 2.53 bits per heavy atom. The molecule has 0 saturated carbocycles. The molecule has 1 aliphatic rings. The maximum Gasteiger partial charge on any atom is 0.405 e. The zero-order valence-corrected chi connectivity index (χ0v) is 8.34. The standard InChI is InChI=1S/C8H14F3N3O/c1-5(12)7(8(9,10)11)14-3-2-13-6(15)4-14/h5,7H,2-4,12H2,1H3,(H,13,15). The Kier molecular flexibility index (Phi) is 3.56. The van der Waals surface area contributed by atoms with Gasteiger partial charge in [0.25, 0.3) is 0 Å². The van der Waals surface area contributed by atoms with Gasteiger partial charge in [0, 0.05) is 19.1 Å². The first-order valence-electron chi connectivity index (χ1n) is 4.65. The Bertz CT molecular complexity index is 242. The maximum absolute atomic E-state index is 12.6. The number of nitrogens with zero attached hydrogens (tertiary/aromatic N) is 1. The van der Waals surface area contributed by atoms with E-state index in [4.69, 9.17) is 5.73 Å². The molecule has 1 fully saturated rings. The molecule has 0 spiro atoms. The highest BCUT2D eigenvalue weighted by Crippen LogP contribution is 2.26. The van der Waals surface area contributed by atoms with Crippen molar-refractivity contribution in [1.82, 2.24) is 10.2 Å². The first-order chi connectivity index (χ1) is 6.82. The van der Waals surface area contributed by atoms with Gasteiger partial charge in [0.15, 0.2) is 0 Å². The second-order valence-electron chi connectivity index (χ2n) is 3.67. The van der Waals surface area contributed by atoms with E-state index in [1.165, 1.54) is 6.92 Å². The van der Waals surface area contributed by atoms with Crippen molar-refractivity contribution in [2.75, 3.05) is 19.6 Å². The molecule has 1 aliphatic heterocycles. The van der Waals surface area contributed by atoms with E-state index in [1.54, 1.807) is 0 Å². The van der Waals surface area contributed by atoms with E-state index in [-0.39, 0.29) is 19.6 Å². The van der Waals surface area contributed by atoms with Crippen LogP contribution in [0.15, 0.2) is 0 Å². The van der Waals surface area contributed by atoms with Crippen molar-refractivity contribution in [3.05, 3.63) is 0 Å². The van der Waals surface area contributed by atoms with Gasteiger partial charge in [-0.2, -0.15) is 13.2 Å². The minimum Gasteiger partial charge on any atom is -0.354 e. The number of carbonyl (C=O) groups excluding carboxylic acids is 1. The predicted molar refractivity (Wildman–Crippen MR) is 48.1 cm³/mol. The van der Waals surface area contributed by atoms with Crippen LogP contribution >= 0.6 is 0 Å². The molecule has 3 N–H and O–H groups in total. The van der Waals surface area contributed by atoms with Crippen LogP contribution in [0.5, 0.6) is 0 Å². The lowest BCUT2D eigenvalue weighted by atomic mass is 10.1. The lowest BCUT2D eigenvalue weighted by Gasteiger charge is -2.37. The Morgan fingerprint density at radius 2 is 2.13 bits per heavy atom. The molecule has 1 heterocycles.